The van der Waals surface area contributed by atoms with Gasteiger partial charge in [0.05, 0.1) is 16.4 Å². The van der Waals surface area contributed by atoms with Crippen molar-refractivity contribution in [3.05, 3.63) is 45.2 Å². The number of hydrogen-bond donors (Lipinski definition) is 0. The summed E-state index contributed by atoms with van der Waals surface area (Å²) in [6, 6.07) is 4.48. The minimum Gasteiger partial charge on any atom is -0.303 e. The lowest BCUT2D eigenvalue weighted by Gasteiger charge is -2.22. The molecule has 0 radical (unpaired) electrons. The molecule has 0 atom stereocenters. The zero-order chi connectivity index (χ0) is 21.7. The summed E-state index contributed by atoms with van der Waals surface area (Å²) in [6.45, 7) is 5.51. The number of carbonyl (C=O) groups is 1. The second-order valence-corrected chi connectivity index (χ2v) is 10.6. The molecule has 0 aliphatic heterocycles. The molecule has 2 fully saturated rings. The molecule has 31 heavy (non-hydrogen) atoms. The van der Waals surface area contributed by atoms with Gasteiger partial charge in [0.25, 0.3) is 0 Å². The van der Waals surface area contributed by atoms with Crippen LogP contribution in [0.3, 0.4) is 0 Å². The first-order valence-electron chi connectivity index (χ1n) is 10.5. The number of thiazole rings is 1. The van der Waals surface area contributed by atoms with Crippen LogP contribution in [-0.4, -0.2) is 25.7 Å². The minimum absolute atomic E-state index is 0.107. The summed E-state index contributed by atoms with van der Waals surface area (Å²) in [5.74, 6) is 2.35. The summed E-state index contributed by atoms with van der Waals surface area (Å²) in [5.41, 5.74) is 3.65. The van der Waals surface area contributed by atoms with Gasteiger partial charge in [-0.1, -0.05) is 29.4 Å². The van der Waals surface area contributed by atoms with Crippen LogP contribution >= 0.6 is 34.7 Å². The van der Waals surface area contributed by atoms with Gasteiger partial charge in [-0.15, -0.1) is 21.5 Å². The van der Waals surface area contributed by atoms with Crippen molar-refractivity contribution in [3.8, 4) is 0 Å². The molecule has 2 saturated carbocycles. The maximum Gasteiger partial charge on any atom is 0.230 e. The van der Waals surface area contributed by atoms with E-state index in [4.69, 9.17) is 16.6 Å². The highest BCUT2D eigenvalue weighted by atomic mass is 35.5. The number of thioether (sulfide) groups is 1. The third-order valence-corrected chi connectivity index (χ3v) is 7.70. The standard InChI is InChI=1S/C22H24ClN5OS2/c1-12-8-13(2)19(18(23)9-12)27(14(3)29)21-24-16(10-30-21)11-31-22-26-25-20(15-4-5-15)28(22)17-6-7-17/h8-10,15,17H,4-7,11H2,1-3H3. The van der Waals surface area contributed by atoms with Gasteiger partial charge in [0.1, 0.15) is 5.82 Å². The Bertz CT molecular complexity index is 1130. The van der Waals surface area contributed by atoms with Gasteiger partial charge < -0.3 is 4.57 Å². The van der Waals surface area contributed by atoms with Crippen LogP contribution in [0.25, 0.3) is 0 Å². The smallest absolute Gasteiger partial charge is 0.230 e. The Morgan fingerprint density at radius 1 is 1.26 bits per heavy atom. The van der Waals surface area contributed by atoms with Gasteiger partial charge in [-0.25, -0.2) is 4.98 Å². The maximum absolute atomic E-state index is 12.5. The van der Waals surface area contributed by atoms with Crippen molar-refractivity contribution in [2.24, 2.45) is 0 Å². The van der Waals surface area contributed by atoms with E-state index in [1.54, 1.807) is 23.6 Å². The largest absolute Gasteiger partial charge is 0.303 e. The van der Waals surface area contributed by atoms with Gasteiger partial charge in [-0.3, -0.25) is 9.69 Å². The van der Waals surface area contributed by atoms with Gasteiger partial charge in [0, 0.05) is 30.0 Å². The number of amides is 1. The Morgan fingerprint density at radius 3 is 2.68 bits per heavy atom. The average molecular weight is 474 g/mol. The summed E-state index contributed by atoms with van der Waals surface area (Å²) in [4.78, 5) is 18.9. The van der Waals surface area contributed by atoms with Gasteiger partial charge in [0.15, 0.2) is 10.3 Å². The number of aryl methyl sites for hydroxylation is 2. The fourth-order valence-electron chi connectivity index (χ4n) is 3.87. The molecule has 3 aromatic rings. The first kappa shape index (κ1) is 21.0. The van der Waals surface area contributed by atoms with Crippen LogP contribution in [0.5, 0.6) is 0 Å². The number of anilines is 2. The van der Waals surface area contributed by atoms with Crippen molar-refractivity contribution in [3.63, 3.8) is 0 Å². The molecular weight excluding hydrogens is 450 g/mol. The van der Waals surface area contributed by atoms with E-state index < -0.39 is 0 Å². The van der Waals surface area contributed by atoms with Crippen LogP contribution in [0.4, 0.5) is 10.8 Å². The molecule has 2 aliphatic carbocycles. The van der Waals surface area contributed by atoms with Crippen LogP contribution in [0.15, 0.2) is 22.7 Å². The van der Waals surface area contributed by atoms with E-state index in [0.717, 1.165) is 27.8 Å². The van der Waals surface area contributed by atoms with Crippen molar-refractivity contribution < 1.29 is 4.79 Å². The van der Waals surface area contributed by atoms with E-state index in [1.807, 2.05) is 31.4 Å². The third-order valence-electron chi connectivity index (χ3n) is 5.56. The topological polar surface area (TPSA) is 63.9 Å². The summed E-state index contributed by atoms with van der Waals surface area (Å²) in [7, 11) is 0. The quantitative estimate of drug-likeness (QED) is 0.382. The van der Waals surface area contributed by atoms with Crippen LogP contribution in [-0.2, 0) is 10.5 Å². The first-order chi connectivity index (χ1) is 14.9. The number of hydrogen-bond acceptors (Lipinski definition) is 6. The van der Waals surface area contributed by atoms with Crippen molar-refractivity contribution >= 4 is 51.4 Å². The average Bonchev–Trinajstić information content (AvgIpc) is 3.64. The van der Waals surface area contributed by atoms with E-state index in [1.165, 1.54) is 37.0 Å². The third kappa shape index (κ3) is 4.25. The molecule has 0 spiro atoms. The Hall–Kier alpha value is -1.90. The fraction of sp³-hybridized carbons (Fsp3) is 0.455. The Labute approximate surface area is 195 Å². The Kier molecular flexibility index (Phi) is 5.56. The molecule has 1 aromatic carbocycles. The van der Waals surface area contributed by atoms with Gasteiger partial charge in [0.2, 0.25) is 5.91 Å². The fourth-order valence-corrected chi connectivity index (χ4v) is 6.15. The Morgan fingerprint density at radius 2 is 2.03 bits per heavy atom. The number of benzene rings is 1. The summed E-state index contributed by atoms with van der Waals surface area (Å²) >= 11 is 9.65. The predicted molar refractivity (Wildman–Crippen MR) is 126 cm³/mol. The summed E-state index contributed by atoms with van der Waals surface area (Å²) < 4.78 is 2.35. The second-order valence-electron chi connectivity index (χ2n) is 8.39. The molecule has 0 unspecified atom stereocenters. The van der Waals surface area contributed by atoms with E-state index in [2.05, 4.69) is 14.8 Å². The van der Waals surface area contributed by atoms with Crippen LogP contribution in [0, 0.1) is 13.8 Å². The Balaban J connectivity index is 1.37. The van der Waals surface area contributed by atoms with E-state index in [-0.39, 0.29) is 5.91 Å². The normalized spacial score (nSPS) is 16.0. The molecule has 2 heterocycles. The molecular formula is C22H24ClN5OS2. The SMILES string of the molecule is CC(=O)N(c1nc(CSc2nnc(C3CC3)n2C2CC2)cs1)c1c(C)cc(C)cc1Cl. The highest BCUT2D eigenvalue weighted by molar-refractivity contribution is 7.98. The van der Waals surface area contributed by atoms with Crippen molar-refractivity contribution in [1.82, 2.24) is 19.7 Å². The zero-order valence-corrected chi connectivity index (χ0v) is 20.1. The van der Waals surface area contributed by atoms with Crippen LogP contribution in [0.2, 0.25) is 5.02 Å². The summed E-state index contributed by atoms with van der Waals surface area (Å²) in [6.07, 6.45) is 4.90. The predicted octanol–water partition coefficient (Wildman–Crippen LogP) is 6.19. The molecule has 2 aliphatic rings. The van der Waals surface area contributed by atoms with Crippen LogP contribution in [0.1, 0.15) is 67.2 Å². The number of halogens is 1. The van der Waals surface area contributed by atoms with Crippen molar-refractivity contribution in [2.45, 2.75) is 69.3 Å². The molecule has 2 aromatic heterocycles. The van der Waals surface area contributed by atoms with Crippen molar-refractivity contribution in [1.29, 1.82) is 0 Å². The van der Waals surface area contributed by atoms with E-state index >= 15 is 0 Å². The number of aromatic nitrogens is 4. The van der Waals surface area contributed by atoms with Crippen molar-refractivity contribution in [2.75, 3.05) is 4.90 Å². The number of nitrogens with zero attached hydrogens (tertiary/aromatic N) is 5. The summed E-state index contributed by atoms with van der Waals surface area (Å²) in [5, 5.41) is 13.1. The molecule has 1 amide bonds. The molecule has 0 N–H and O–H groups in total. The molecule has 162 valence electrons. The highest BCUT2D eigenvalue weighted by Gasteiger charge is 2.36. The monoisotopic (exact) mass is 473 g/mol. The lowest BCUT2D eigenvalue weighted by Crippen LogP contribution is -2.24. The first-order valence-corrected chi connectivity index (χ1v) is 12.8. The molecule has 0 saturated heterocycles. The molecule has 0 bridgehead atoms. The van der Waals surface area contributed by atoms with E-state index in [9.17, 15) is 4.79 Å². The minimum atomic E-state index is -0.107. The highest BCUT2D eigenvalue weighted by Crippen LogP contribution is 2.46. The maximum atomic E-state index is 12.5. The number of rotatable bonds is 7. The lowest BCUT2D eigenvalue weighted by molar-refractivity contribution is -0.115. The molecule has 6 nitrogen and oxygen atoms in total. The second kappa shape index (κ2) is 8.22. The van der Waals surface area contributed by atoms with Gasteiger partial charge in [-0.05, 0) is 56.7 Å². The zero-order valence-electron chi connectivity index (χ0n) is 17.8. The van der Waals surface area contributed by atoms with Gasteiger partial charge in [-0.2, -0.15) is 0 Å². The van der Waals surface area contributed by atoms with E-state index in [0.29, 0.717) is 33.6 Å². The number of carbonyl (C=O) groups excluding carboxylic acids is 1. The van der Waals surface area contributed by atoms with Crippen LogP contribution < -0.4 is 4.90 Å². The lowest BCUT2D eigenvalue weighted by atomic mass is 10.1. The molecule has 5 rings (SSSR count). The van der Waals surface area contributed by atoms with Gasteiger partial charge >= 0.3 is 0 Å². The molecule has 9 heteroatoms.